The van der Waals surface area contributed by atoms with E-state index in [2.05, 4.69) is 40.3 Å². The monoisotopic (exact) mass is 581 g/mol. The zero-order chi connectivity index (χ0) is 30.4. The van der Waals surface area contributed by atoms with Gasteiger partial charge in [-0.05, 0) is 68.6 Å². The number of hydrazine groups is 1. The first-order valence-corrected chi connectivity index (χ1v) is 15.4. The number of methoxy groups -OCH3 is 1. The Morgan fingerprint density at radius 2 is 1.69 bits per heavy atom. The van der Waals surface area contributed by atoms with Crippen molar-refractivity contribution in [1.29, 1.82) is 0 Å². The lowest BCUT2D eigenvalue weighted by molar-refractivity contribution is -0.146. The maximum atomic E-state index is 13.7. The van der Waals surface area contributed by atoms with Crippen LogP contribution in [-0.2, 0) is 23.9 Å². The van der Waals surface area contributed by atoms with Crippen LogP contribution >= 0.6 is 0 Å². The summed E-state index contributed by atoms with van der Waals surface area (Å²) < 4.78 is 5.67. The van der Waals surface area contributed by atoms with Gasteiger partial charge >= 0.3 is 0 Å². The summed E-state index contributed by atoms with van der Waals surface area (Å²) >= 11 is 0. The number of rotatable bonds is 2. The maximum Gasteiger partial charge on any atom is 0.258 e. The maximum absolute atomic E-state index is 13.7. The Morgan fingerprint density at radius 3 is 2.43 bits per heavy atom. The van der Waals surface area contributed by atoms with Crippen molar-refractivity contribution in [2.24, 2.45) is 11.8 Å². The molecule has 10 heteroatoms. The van der Waals surface area contributed by atoms with Crippen molar-refractivity contribution < 1.29 is 23.9 Å². The SMILES string of the molecule is CO[C@@H]1CC/C=C/c2cccc(c2)C2CCCN2C(=O)[C@@H]2CCCN(N2)C(=O)[C@@H](C)NC(=O)[C@H](C(C)C)NC(=O)[C@@H]1C. The number of nitrogens with zero attached hydrogens (tertiary/aromatic N) is 2. The quantitative estimate of drug-likeness (QED) is 0.494. The lowest BCUT2D eigenvalue weighted by Crippen LogP contribution is -2.62. The Hall–Kier alpha value is -3.24. The van der Waals surface area contributed by atoms with E-state index < -0.39 is 30.0 Å². The van der Waals surface area contributed by atoms with Crippen LogP contribution in [0.4, 0.5) is 0 Å². The van der Waals surface area contributed by atoms with Crippen LogP contribution in [0.2, 0.25) is 0 Å². The number of carbonyl (C=O) groups excluding carboxylic acids is 4. The number of fused-ring (bicyclic) bond motifs is 6. The Morgan fingerprint density at radius 1 is 0.929 bits per heavy atom. The summed E-state index contributed by atoms with van der Waals surface area (Å²) in [6.45, 7) is 8.28. The van der Waals surface area contributed by atoms with E-state index in [1.54, 1.807) is 14.0 Å². The highest BCUT2D eigenvalue weighted by Crippen LogP contribution is 2.33. The van der Waals surface area contributed by atoms with E-state index >= 15 is 0 Å². The van der Waals surface area contributed by atoms with Gasteiger partial charge in [0, 0.05) is 20.2 Å². The molecule has 0 aromatic heterocycles. The molecule has 3 aliphatic heterocycles. The van der Waals surface area contributed by atoms with Gasteiger partial charge in [-0.15, -0.1) is 0 Å². The summed E-state index contributed by atoms with van der Waals surface area (Å²) in [6.07, 6.45) is 8.32. The molecule has 4 amide bonds. The van der Waals surface area contributed by atoms with Crippen molar-refractivity contribution >= 4 is 29.7 Å². The van der Waals surface area contributed by atoms with Gasteiger partial charge < -0.3 is 20.3 Å². The van der Waals surface area contributed by atoms with Crippen LogP contribution < -0.4 is 16.1 Å². The van der Waals surface area contributed by atoms with E-state index in [9.17, 15) is 19.2 Å². The molecule has 10 nitrogen and oxygen atoms in total. The normalized spacial score (nSPS) is 31.1. The van der Waals surface area contributed by atoms with Crippen LogP contribution in [0.5, 0.6) is 0 Å². The summed E-state index contributed by atoms with van der Waals surface area (Å²) in [5.74, 6) is -1.68. The van der Waals surface area contributed by atoms with E-state index in [-0.39, 0.29) is 35.8 Å². The van der Waals surface area contributed by atoms with Crippen molar-refractivity contribution in [2.75, 3.05) is 20.2 Å². The van der Waals surface area contributed by atoms with Crippen molar-refractivity contribution in [3.05, 3.63) is 41.5 Å². The molecule has 42 heavy (non-hydrogen) atoms. The molecule has 230 valence electrons. The highest BCUT2D eigenvalue weighted by molar-refractivity contribution is 5.92. The van der Waals surface area contributed by atoms with Gasteiger partial charge in [0.25, 0.3) is 5.91 Å². The number of nitrogens with one attached hydrogen (secondary N) is 3. The molecule has 2 saturated heterocycles. The Balaban J connectivity index is 1.62. The number of carbonyl (C=O) groups is 4. The third kappa shape index (κ3) is 7.39. The lowest BCUT2D eigenvalue weighted by Gasteiger charge is -2.37. The second-order valence-corrected chi connectivity index (χ2v) is 12.2. The van der Waals surface area contributed by atoms with Crippen LogP contribution in [-0.4, -0.2) is 78.0 Å². The zero-order valence-corrected chi connectivity index (χ0v) is 25.6. The molecule has 0 saturated carbocycles. The van der Waals surface area contributed by atoms with E-state index in [4.69, 9.17) is 4.74 Å². The molecule has 0 radical (unpaired) electrons. The smallest absolute Gasteiger partial charge is 0.258 e. The van der Waals surface area contributed by atoms with Gasteiger partial charge in [-0.3, -0.25) is 24.2 Å². The van der Waals surface area contributed by atoms with E-state index in [1.807, 2.05) is 37.8 Å². The number of allylic oxidation sites excluding steroid dienone is 1. The minimum absolute atomic E-state index is 0.00270. The largest absolute Gasteiger partial charge is 0.381 e. The van der Waals surface area contributed by atoms with Gasteiger partial charge in [-0.25, -0.2) is 5.43 Å². The Kier molecular flexibility index (Phi) is 10.8. The Labute approximate surface area is 249 Å². The number of benzene rings is 1. The lowest BCUT2D eigenvalue weighted by atomic mass is 9.96. The average molecular weight is 582 g/mol. The van der Waals surface area contributed by atoms with Crippen LogP contribution in [0.1, 0.15) is 83.4 Å². The minimum Gasteiger partial charge on any atom is -0.381 e. The molecule has 0 spiro atoms. The van der Waals surface area contributed by atoms with Crippen LogP contribution in [0.15, 0.2) is 30.3 Å². The molecule has 3 N–H and O–H groups in total. The predicted molar refractivity (Wildman–Crippen MR) is 161 cm³/mol. The molecule has 1 unspecified atom stereocenters. The van der Waals surface area contributed by atoms with Crippen LogP contribution in [0.25, 0.3) is 6.08 Å². The van der Waals surface area contributed by atoms with E-state index in [0.717, 1.165) is 24.0 Å². The second kappa shape index (κ2) is 14.3. The average Bonchev–Trinajstić information content (AvgIpc) is 3.48. The van der Waals surface area contributed by atoms with Gasteiger partial charge in [0.15, 0.2) is 0 Å². The highest BCUT2D eigenvalue weighted by atomic mass is 16.5. The molecule has 3 heterocycles. The zero-order valence-electron chi connectivity index (χ0n) is 25.6. The first-order chi connectivity index (χ1) is 20.1. The molecule has 4 rings (SSSR count). The third-order valence-corrected chi connectivity index (χ3v) is 8.76. The van der Waals surface area contributed by atoms with Gasteiger partial charge in [-0.2, -0.15) is 0 Å². The molecule has 1 aromatic carbocycles. The van der Waals surface area contributed by atoms with Crippen molar-refractivity contribution in [3.63, 3.8) is 0 Å². The summed E-state index contributed by atoms with van der Waals surface area (Å²) in [4.78, 5) is 55.6. The first kappa shape index (κ1) is 31.7. The fourth-order valence-corrected chi connectivity index (χ4v) is 6.21. The number of hydrogen-bond donors (Lipinski definition) is 3. The van der Waals surface area contributed by atoms with E-state index in [1.165, 1.54) is 5.01 Å². The molecule has 3 aliphatic rings. The number of ether oxygens (including phenoxy) is 1. The van der Waals surface area contributed by atoms with Gasteiger partial charge in [0.1, 0.15) is 18.1 Å². The molecule has 2 fully saturated rings. The molecular weight excluding hydrogens is 534 g/mol. The molecule has 6 atom stereocenters. The summed E-state index contributed by atoms with van der Waals surface area (Å²) in [6, 6.07) is 6.12. The van der Waals surface area contributed by atoms with E-state index in [0.29, 0.717) is 38.8 Å². The summed E-state index contributed by atoms with van der Waals surface area (Å²) in [5.41, 5.74) is 5.32. The summed E-state index contributed by atoms with van der Waals surface area (Å²) in [5, 5.41) is 7.15. The standard InChI is InChI=1S/C32H47N5O5/c1-20(2)28-30(39)33-22(4)31(40)37-18-9-14-25(35-37)32(41)36-17-10-15-26(36)24-13-8-12-23(19-24)11-6-7-16-27(42-5)21(3)29(38)34-28/h6,8,11-13,19-22,25-28,35H,7,9-10,14-18H2,1-5H3,(H,33,39)(H,34,38)/b11-6+/t21-,22-,25+,26?,27-,28+/m1/s1. The second-order valence-electron chi connectivity index (χ2n) is 12.2. The van der Waals surface area contributed by atoms with Gasteiger partial charge in [0.2, 0.25) is 17.7 Å². The summed E-state index contributed by atoms with van der Waals surface area (Å²) in [7, 11) is 1.60. The van der Waals surface area contributed by atoms with Crippen LogP contribution in [0.3, 0.4) is 0 Å². The van der Waals surface area contributed by atoms with Gasteiger partial charge in [0.05, 0.1) is 18.1 Å². The molecule has 1 aromatic rings. The first-order valence-electron chi connectivity index (χ1n) is 15.4. The van der Waals surface area contributed by atoms with Gasteiger partial charge in [-0.1, -0.05) is 51.1 Å². The van der Waals surface area contributed by atoms with Crippen molar-refractivity contribution in [3.8, 4) is 0 Å². The Bertz CT molecular complexity index is 1170. The fraction of sp³-hybridized carbons (Fsp3) is 0.625. The van der Waals surface area contributed by atoms with Crippen molar-refractivity contribution in [2.45, 2.75) is 96.5 Å². The molecular formula is C32H47N5O5. The predicted octanol–water partition coefficient (Wildman–Crippen LogP) is 2.95. The minimum atomic E-state index is -0.840. The third-order valence-electron chi connectivity index (χ3n) is 8.76. The molecule has 4 bridgehead atoms. The topological polar surface area (TPSA) is 120 Å². The number of hydrogen-bond acceptors (Lipinski definition) is 6. The number of amides is 4. The van der Waals surface area contributed by atoms with Crippen molar-refractivity contribution in [1.82, 2.24) is 26.0 Å². The highest BCUT2D eigenvalue weighted by Gasteiger charge is 2.38. The molecule has 0 aliphatic carbocycles. The van der Waals surface area contributed by atoms with Crippen LogP contribution in [0, 0.1) is 11.8 Å². The fourth-order valence-electron chi connectivity index (χ4n) is 6.21.